The first kappa shape index (κ1) is 20.2. The van der Waals surface area contributed by atoms with Crippen molar-refractivity contribution in [3.8, 4) is 17.1 Å². The lowest BCUT2D eigenvalue weighted by atomic mass is 10.1. The van der Waals surface area contributed by atoms with Gasteiger partial charge in [0.15, 0.2) is 5.16 Å². The molecule has 5 aromatic rings. The highest BCUT2D eigenvalue weighted by Gasteiger charge is 2.18. The Kier molecular flexibility index (Phi) is 5.33. The van der Waals surface area contributed by atoms with Crippen LogP contribution in [0.25, 0.3) is 28.0 Å². The van der Waals surface area contributed by atoms with Crippen LogP contribution in [0.5, 0.6) is 0 Å². The lowest BCUT2D eigenvalue weighted by Gasteiger charge is -2.16. The minimum Gasteiger partial charge on any atom is -0.420 e. The van der Waals surface area contributed by atoms with Crippen molar-refractivity contribution in [1.82, 2.24) is 19.7 Å². The van der Waals surface area contributed by atoms with E-state index in [-0.39, 0.29) is 5.56 Å². The maximum absolute atomic E-state index is 13.5. The van der Waals surface area contributed by atoms with Crippen LogP contribution < -0.4 is 5.56 Å². The SMILES string of the molecule is Cc1cccc(C)c1-n1c(SCc2nnc(-c3ccccc3)o2)nc2ccccc2c1=O. The molecule has 6 nitrogen and oxygen atoms in total. The third-order valence-corrected chi connectivity index (χ3v) is 6.14. The summed E-state index contributed by atoms with van der Waals surface area (Å²) in [4.78, 5) is 18.3. The zero-order valence-electron chi connectivity index (χ0n) is 17.6. The van der Waals surface area contributed by atoms with E-state index < -0.39 is 0 Å². The lowest BCUT2D eigenvalue weighted by molar-refractivity contribution is 0.528. The number of aryl methyl sites for hydroxylation is 2. The summed E-state index contributed by atoms with van der Waals surface area (Å²) in [6.45, 7) is 4.01. The van der Waals surface area contributed by atoms with Crippen molar-refractivity contribution in [2.75, 3.05) is 0 Å². The molecule has 0 saturated heterocycles. The molecule has 0 N–H and O–H groups in total. The van der Waals surface area contributed by atoms with E-state index in [2.05, 4.69) is 10.2 Å². The van der Waals surface area contributed by atoms with Crippen LogP contribution in [0.1, 0.15) is 17.0 Å². The maximum atomic E-state index is 13.5. The Labute approximate surface area is 189 Å². The maximum Gasteiger partial charge on any atom is 0.266 e. The molecule has 0 unspecified atom stereocenters. The van der Waals surface area contributed by atoms with E-state index in [1.165, 1.54) is 11.8 Å². The van der Waals surface area contributed by atoms with Crippen LogP contribution >= 0.6 is 11.8 Å². The molecule has 2 aromatic heterocycles. The molecule has 0 aliphatic carbocycles. The monoisotopic (exact) mass is 440 g/mol. The van der Waals surface area contributed by atoms with Crippen molar-refractivity contribution >= 4 is 22.7 Å². The van der Waals surface area contributed by atoms with Gasteiger partial charge in [0.05, 0.1) is 22.3 Å². The van der Waals surface area contributed by atoms with Crippen molar-refractivity contribution in [3.05, 3.63) is 100 Å². The van der Waals surface area contributed by atoms with Crippen LogP contribution in [0.15, 0.2) is 87.2 Å². The highest BCUT2D eigenvalue weighted by Crippen LogP contribution is 2.28. The van der Waals surface area contributed by atoms with Crippen molar-refractivity contribution in [3.63, 3.8) is 0 Å². The van der Waals surface area contributed by atoms with Gasteiger partial charge in [-0.05, 0) is 49.2 Å². The fourth-order valence-electron chi connectivity index (χ4n) is 3.70. The largest absolute Gasteiger partial charge is 0.420 e. The van der Waals surface area contributed by atoms with E-state index in [0.29, 0.717) is 33.6 Å². The van der Waals surface area contributed by atoms with E-state index in [4.69, 9.17) is 9.40 Å². The van der Waals surface area contributed by atoms with Gasteiger partial charge in [0.25, 0.3) is 5.56 Å². The quantitative estimate of drug-likeness (QED) is 0.271. The summed E-state index contributed by atoms with van der Waals surface area (Å²) < 4.78 is 7.54. The fourth-order valence-corrected chi connectivity index (χ4v) is 4.54. The van der Waals surface area contributed by atoms with Gasteiger partial charge in [-0.15, -0.1) is 10.2 Å². The second-order valence-corrected chi connectivity index (χ2v) is 8.39. The minimum atomic E-state index is -0.0917. The van der Waals surface area contributed by atoms with E-state index >= 15 is 0 Å². The van der Waals surface area contributed by atoms with E-state index in [1.54, 1.807) is 4.57 Å². The third-order valence-electron chi connectivity index (χ3n) is 5.22. The number of fused-ring (bicyclic) bond motifs is 1. The van der Waals surface area contributed by atoms with Crippen molar-refractivity contribution in [1.29, 1.82) is 0 Å². The number of hydrogen-bond acceptors (Lipinski definition) is 6. The molecule has 3 aromatic carbocycles. The van der Waals surface area contributed by atoms with Crippen molar-refractivity contribution < 1.29 is 4.42 Å². The van der Waals surface area contributed by atoms with Crippen molar-refractivity contribution in [2.45, 2.75) is 24.8 Å². The molecule has 5 rings (SSSR count). The van der Waals surface area contributed by atoms with E-state index in [1.807, 2.05) is 86.6 Å². The standard InChI is InChI=1S/C25H20N4O2S/c1-16-9-8-10-17(2)22(16)29-24(30)19-13-6-7-14-20(19)26-25(29)32-15-21-27-28-23(31-21)18-11-4-3-5-12-18/h3-14H,15H2,1-2H3. The Morgan fingerprint density at radius 3 is 2.38 bits per heavy atom. The smallest absolute Gasteiger partial charge is 0.266 e. The molecular weight excluding hydrogens is 420 g/mol. The van der Waals surface area contributed by atoms with Gasteiger partial charge in [-0.2, -0.15) is 0 Å². The summed E-state index contributed by atoms with van der Waals surface area (Å²) in [5, 5.41) is 9.51. The number of nitrogens with zero attached hydrogens (tertiary/aromatic N) is 4. The molecule has 0 fully saturated rings. The zero-order valence-corrected chi connectivity index (χ0v) is 18.5. The highest BCUT2D eigenvalue weighted by molar-refractivity contribution is 7.98. The first-order valence-electron chi connectivity index (χ1n) is 10.2. The second-order valence-electron chi connectivity index (χ2n) is 7.45. The first-order chi connectivity index (χ1) is 15.6. The number of benzene rings is 3. The summed E-state index contributed by atoms with van der Waals surface area (Å²) in [5.41, 5.74) is 4.32. The molecule has 0 bridgehead atoms. The molecule has 32 heavy (non-hydrogen) atoms. The van der Waals surface area contributed by atoms with Gasteiger partial charge in [0.2, 0.25) is 11.8 Å². The lowest BCUT2D eigenvalue weighted by Crippen LogP contribution is -2.23. The molecule has 0 aliphatic heterocycles. The average molecular weight is 441 g/mol. The van der Waals surface area contributed by atoms with Gasteiger partial charge >= 0.3 is 0 Å². The predicted octanol–water partition coefficient (Wildman–Crippen LogP) is 5.34. The van der Waals surface area contributed by atoms with Crippen molar-refractivity contribution in [2.24, 2.45) is 0 Å². The number of para-hydroxylation sites is 2. The van der Waals surface area contributed by atoms with Crippen LogP contribution in [-0.2, 0) is 5.75 Å². The second kappa shape index (κ2) is 8.43. The first-order valence-corrected chi connectivity index (χ1v) is 11.2. The molecule has 0 saturated carbocycles. The molecule has 7 heteroatoms. The number of thioether (sulfide) groups is 1. The van der Waals surface area contributed by atoms with Crippen LogP contribution in [0, 0.1) is 13.8 Å². The third kappa shape index (κ3) is 3.71. The van der Waals surface area contributed by atoms with Crippen LogP contribution in [-0.4, -0.2) is 19.7 Å². The summed E-state index contributed by atoms with van der Waals surface area (Å²) in [6, 6.07) is 23.1. The molecule has 0 spiro atoms. The summed E-state index contributed by atoms with van der Waals surface area (Å²) >= 11 is 1.41. The number of aromatic nitrogens is 4. The minimum absolute atomic E-state index is 0.0917. The number of hydrogen-bond donors (Lipinski definition) is 0. The molecule has 0 radical (unpaired) electrons. The Bertz CT molecular complexity index is 1450. The van der Waals surface area contributed by atoms with E-state index in [0.717, 1.165) is 22.4 Å². The van der Waals surface area contributed by atoms with Gasteiger partial charge < -0.3 is 4.42 Å². The van der Waals surface area contributed by atoms with Crippen LogP contribution in [0.3, 0.4) is 0 Å². The predicted molar refractivity (Wildman–Crippen MR) is 126 cm³/mol. The molecule has 0 atom stereocenters. The fraction of sp³-hybridized carbons (Fsp3) is 0.120. The van der Waals surface area contributed by atoms with Gasteiger partial charge in [-0.3, -0.25) is 9.36 Å². The number of rotatable bonds is 5. The molecule has 0 amide bonds. The molecular formula is C25H20N4O2S. The summed E-state index contributed by atoms with van der Waals surface area (Å²) in [7, 11) is 0. The van der Waals surface area contributed by atoms with Gasteiger partial charge in [-0.1, -0.05) is 60.3 Å². The highest BCUT2D eigenvalue weighted by atomic mass is 32.2. The summed E-state index contributed by atoms with van der Waals surface area (Å²) in [5.74, 6) is 1.35. The molecule has 2 heterocycles. The van der Waals surface area contributed by atoms with E-state index in [9.17, 15) is 4.79 Å². The van der Waals surface area contributed by atoms with Gasteiger partial charge in [0, 0.05) is 5.56 Å². The Hall–Kier alpha value is -3.71. The molecule has 158 valence electrons. The Morgan fingerprint density at radius 1 is 0.875 bits per heavy atom. The van der Waals surface area contributed by atoms with Crippen LogP contribution in [0.4, 0.5) is 0 Å². The zero-order chi connectivity index (χ0) is 22.1. The van der Waals surface area contributed by atoms with Gasteiger partial charge in [0.1, 0.15) is 0 Å². The topological polar surface area (TPSA) is 73.8 Å². The molecule has 0 aliphatic rings. The summed E-state index contributed by atoms with van der Waals surface area (Å²) in [6.07, 6.45) is 0. The Balaban J connectivity index is 1.57. The Morgan fingerprint density at radius 2 is 1.59 bits per heavy atom. The van der Waals surface area contributed by atoms with Crippen LogP contribution in [0.2, 0.25) is 0 Å². The van der Waals surface area contributed by atoms with Gasteiger partial charge in [-0.25, -0.2) is 4.98 Å². The normalized spacial score (nSPS) is 11.2. The average Bonchev–Trinajstić information content (AvgIpc) is 3.29.